The van der Waals surface area contributed by atoms with E-state index < -0.39 is 0 Å². The molecule has 0 spiro atoms. The summed E-state index contributed by atoms with van der Waals surface area (Å²) in [4.78, 5) is 0. The van der Waals surface area contributed by atoms with Gasteiger partial charge in [-0.05, 0) is 49.4 Å². The van der Waals surface area contributed by atoms with Gasteiger partial charge < -0.3 is 14.2 Å². The number of ether oxygens (including phenoxy) is 3. The summed E-state index contributed by atoms with van der Waals surface area (Å²) in [5, 5.41) is 1.18. The molecule has 1 radical (unpaired) electrons. The molecular formula is C16H13Cl2O3. The van der Waals surface area contributed by atoms with Crippen LogP contribution in [0.5, 0.6) is 11.5 Å². The Labute approximate surface area is 133 Å². The van der Waals surface area contributed by atoms with Gasteiger partial charge in [-0.1, -0.05) is 23.2 Å². The van der Waals surface area contributed by atoms with Crippen LogP contribution in [-0.4, -0.2) is 12.7 Å². The van der Waals surface area contributed by atoms with Crippen molar-refractivity contribution in [3.05, 3.63) is 64.4 Å². The third kappa shape index (κ3) is 3.50. The van der Waals surface area contributed by atoms with Crippen molar-refractivity contribution in [3.63, 3.8) is 0 Å². The number of hydrogen-bond donors (Lipinski definition) is 0. The molecule has 1 unspecified atom stereocenters. The second-order valence-corrected chi connectivity index (χ2v) is 5.57. The second-order valence-electron chi connectivity index (χ2n) is 4.72. The molecule has 0 N–H and O–H groups in total. The molecule has 3 rings (SSSR count). The van der Waals surface area contributed by atoms with Crippen LogP contribution in [0.4, 0.5) is 0 Å². The average Bonchev–Trinajstić information content (AvgIpc) is 2.88. The van der Waals surface area contributed by atoms with Crippen molar-refractivity contribution in [1.82, 2.24) is 0 Å². The maximum absolute atomic E-state index is 6.27. The van der Waals surface area contributed by atoms with Crippen LogP contribution in [0.15, 0.2) is 42.5 Å². The lowest BCUT2D eigenvalue weighted by Crippen LogP contribution is -2.03. The highest BCUT2D eigenvalue weighted by molar-refractivity contribution is 6.31. The van der Waals surface area contributed by atoms with E-state index in [9.17, 15) is 0 Å². The van der Waals surface area contributed by atoms with Gasteiger partial charge in [0.05, 0.1) is 17.7 Å². The zero-order chi connectivity index (χ0) is 14.8. The van der Waals surface area contributed by atoms with E-state index in [1.54, 1.807) is 30.3 Å². The Morgan fingerprint density at radius 3 is 2.38 bits per heavy atom. The number of halogens is 2. The highest BCUT2D eigenvalue weighted by atomic mass is 35.5. The topological polar surface area (TPSA) is 27.7 Å². The Kier molecular flexibility index (Phi) is 4.36. The molecule has 2 aromatic carbocycles. The Bertz CT molecular complexity index is 628. The summed E-state index contributed by atoms with van der Waals surface area (Å²) in [6.45, 7) is 2.48. The summed E-state index contributed by atoms with van der Waals surface area (Å²) >= 11 is 12.1. The standard InChI is InChI=1S/C16H13Cl2O3/c1-10-9-19-16(20-10)14-7-6-13(8-15(14)18)21-12-4-2-11(17)3-5-12/h2-8,10H,9H2,1H3. The van der Waals surface area contributed by atoms with E-state index in [1.165, 1.54) is 0 Å². The van der Waals surface area contributed by atoms with Crippen molar-refractivity contribution < 1.29 is 14.2 Å². The summed E-state index contributed by atoms with van der Waals surface area (Å²) < 4.78 is 16.7. The fourth-order valence-corrected chi connectivity index (χ4v) is 2.32. The van der Waals surface area contributed by atoms with Crippen LogP contribution in [0, 0.1) is 6.29 Å². The fourth-order valence-electron chi connectivity index (χ4n) is 1.95. The summed E-state index contributed by atoms with van der Waals surface area (Å²) in [7, 11) is 0. The van der Waals surface area contributed by atoms with Crippen molar-refractivity contribution >= 4 is 23.2 Å². The smallest absolute Gasteiger partial charge is 0.258 e. The van der Waals surface area contributed by atoms with Gasteiger partial charge >= 0.3 is 0 Å². The first-order valence-electron chi connectivity index (χ1n) is 6.51. The first-order valence-corrected chi connectivity index (χ1v) is 7.27. The molecule has 0 amide bonds. The molecule has 3 nitrogen and oxygen atoms in total. The van der Waals surface area contributed by atoms with Crippen LogP contribution in [-0.2, 0) is 9.47 Å². The minimum Gasteiger partial charge on any atom is -0.457 e. The van der Waals surface area contributed by atoms with Crippen LogP contribution in [0.1, 0.15) is 12.5 Å². The highest BCUT2D eigenvalue weighted by Gasteiger charge is 2.28. The maximum Gasteiger partial charge on any atom is 0.258 e. The lowest BCUT2D eigenvalue weighted by Gasteiger charge is -2.12. The van der Waals surface area contributed by atoms with Gasteiger partial charge in [0, 0.05) is 10.6 Å². The minimum atomic E-state index is 0.0426. The van der Waals surface area contributed by atoms with Gasteiger partial charge in [0.15, 0.2) is 0 Å². The van der Waals surface area contributed by atoms with E-state index >= 15 is 0 Å². The molecule has 1 fully saturated rings. The first kappa shape index (κ1) is 14.7. The summed E-state index contributed by atoms with van der Waals surface area (Å²) in [6, 6.07) is 12.5. The Morgan fingerprint density at radius 1 is 1.05 bits per heavy atom. The molecule has 0 bridgehead atoms. The van der Waals surface area contributed by atoms with Crippen molar-refractivity contribution in [2.75, 3.05) is 6.61 Å². The zero-order valence-electron chi connectivity index (χ0n) is 11.3. The van der Waals surface area contributed by atoms with Gasteiger partial charge in [-0.25, -0.2) is 0 Å². The van der Waals surface area contributed by atoms with E-state index in [1.807, 2.05) is 19.1 Å². The first-order chi connectivity index (χ1) is 10.1. The Balaban J connectivity index is 1.76. The molecule has 21 heavy (non-hydrogen) atoms. The molecule has 5 heteroatoms. The normalized spacial score (nSPS) is 18.9. The largest absolute Gasteiger partial charge is 0.457 e. The Hall–Kier alpha value is -1.26. The van der Waals surface area contributed by atoms with Crippen molar-refractivity contribution in [2.24, 2.45) is 0 Å². The van der Waals surface area contributed by atoms with Crippen LogP contribution in [0.2, 0.25) is 10.0 Å². The molecule has 1 aliphatic rings. The quantitative estimate of drug-likeness (QED) is 0.790. The van der Waals surface area contributed by atoms with Crippen LogP contribution in [0.3, 0.4) is 0 Å². The summed E-state index contributed by atoms with van der Waals surface area (Å²) in [5.41, 5.74) is 0.726. The molecule has 1 heterocycles. The predicted molar refractivity (Wildman–Crippen MR) is 81.8 cm³/mol. The van der Waals surface area contributed by atoms with E-state index in [0.717, 1.165) is 5.56 Å². The molecule has 2 aromatic rings. The van der Waals surface area contributed by atoms with Gasteiger partial charge in [0.2, 0.25) is 0 Å². The van der Waals surface area contributed by atoms with E-state index in [-0.39, 0.29) is 6.10 Å². The van der Waals surface area contributed by atoms with Gasteiger partial charge in [0.1, 0.15) is 11.5 Å². The number of rotatable bonds is 3. The molecule has 1 atom stereocenters. The van der Waals surface area contributed by atoms with Gasteiger partial charge in [-0.2, -0.15) is 0 Å². The lowest BCUT2D eigenvalue weighted by atomic mass is 10.2. The molecule has 0 aromatic heterocycles. The van der Waals surface area contributed by atoms with Crippen LogP contribution >= 0.6 is 23.2 Å². The maximum atomic E-state index is 6.27. The van der Waals surface area contributed by atoms with E-state index in [2.05, 4.69) is 0 Å². The predicted octanol–water partition coefficient (Wildman–Crippen LogP) is 5.06. The second kappa shape index (κ2) is 6.24. The van der Waals surface area contributed by atoms with Gasteiger partial charge in [0.25, 0.3) is 6.29 Å². The Morgan fingerprint density at radius 2 is 1.76 bits per heavy atom. The molecule has 1 saturated heterocycles. The van der Waals surface area contributed by atoms with Gasteiger partial charge in [-0.3, -0.25) is 0 Å². The number of hydrogen-bond acceptors (Lipinski definition) is 3. The summed E-state index contributed by atoms with van der Waals surface area (Å²) in [5.74, 6) is 1.33. The van der Waals surface area contributed by atoms with Crippen LogP contribution < -0.4 is 4.74 Å². The van der Waals surface area contributed by atoms with Crippen molar-refractivity contribution in [3.8, 4) is 11.5 Å². The van der Waals surface area contributed by atoms with E-state index in [0.29, 0.717) is 34.4 Å². The third-order valence-corrected chi connectivity index (χ3v) is 3.53. The third-order valence-electron chi connectivity index (χ3n) is 2.97. The van der Waals surface area contributed by atoms with Gasteiger partial charge in [-0.15, -0.1) is 0 Å². The van der Waals surface area contributed by atoms with Crippen molar-refractivity contribution in [1.29, 1.82) is 0 Å². The van der Waals surface area contributed by atoms with Crippen molar-refractivity contribution in [2.45, 2.75) is 13.0 Å². The highest BCUT2D eigenvalue weighted by Crippen LogP contribution is 2.34. The molecule has 109 valence electrons. The average molecular weight is 324 g/mol. The molecular weight excluding hydrogens is 311 g/mol. The SMILES string of the molecule is CC1CO[C](c2ccc(Oc3ccc(Cl)cc3)cc2Cl)O1. The van der Waals surface area contributed by atoms with Crippen LogP contribution in [0.25, 0.3) is 0 Å². The monoisotopic (exact) mass is 323 g/mol. The molecule has 0 aliphatic carbocycles. The molecule has 0 saturated carbocycles. The van der Waals surface area contributed by atoms with E-state index in [4.69, 9.17) is 37.4 Å². The number of benzene rings is 2. The minimum absolute atomic E-state index is 0.0426. The lowest BCUT2D eigenvalue weighted by molar-refractivity contribution is 0.0808. The zero-order valence-corrected chi connectivity index (χ0v) is 12.8. The summed E-state index contributed by atoms with van der Waals surface area (Å²) in [6.07, 6.45) is 0.506. The fraction of sp³-hybridized carbons (Fsp3) is 0.188. The molecule has 1 aliphatic heterocycles.